The van der Waals surface area contributed by atoms with Crippen LogP contribution in [0.4, 0.5) is 0 Å². The number of carbonyl (C=O) groups is 2. The molecule has 1 aliphatic heterocycles. The minimum atomic E-state index is -0.516. The van der Waals surface area contributed by atoms with Gasteiger partial charge < -0.3 is 4.90 Å². The number of pyridine rings is 1. The Balaban J connectivity index is 1.54. The van der Waals surface area contributed by atoms with Crippen molar-refractivity contribution in [1.82, 2.24) is 20.3 Å². The Labute approximate surface area is 154 Å². The molecule has 2 aliphatic rings. The summed E-state index contributed by atoms with van der Waals surface area (Å²) in [6.07, 6.45) is 7.12. The highest BCUT2D eigenvalue weighted by atomic mass is 16.5. The van der Waals surface area contributed by atoms with Crippen molar-refractivity contribution in [3.05, 3.63) is 29.1 Å². The lowest BCUT2D eigenvalue weighted by Crippen LogP contribution is -2.49. The molecule has 1 aromatic heterocycles. The summed E-state index contributed by atoms with van der Waals surface area (Å²) in [6.45, 7) is 4.25. The summed E-state index contributed by atoms with van der Waals surface area (Å²) in [7, 11) is 1.86. The van der Waals surface area contributed by atoms with Gasteiger partial charge in [-0.25, -0.2) is 5.48 Å². The van der Waals surface area contributed by atoms with Crippen LogP contribution < -0.4 is 5.48 Å². The summed E-state index contributed by atoms with van der Waals surface area (Å²) in [5, 5.41) is 8.75. The first-order chi connectivity index (χ1) is 12.5. The molecule has 26 heavy (non-hydrogen) atoms. The molecule has 0 saturated heterocycles. The number of hydrogen-bond acceptors (Lipinski definition) is 5. The minimum absolute atomic E-state index is 0.128. The minimum Gasteiger partial charge on any atom is -0.346 e. The molecule has 0 aromatic carbocycles. The van der Waals surface area contributed by atoms with E-state index in [0.29, 0.717) is 17.5 Å². The van der Waals surface area contributed by atoms with Crippen molar-refractivity contribution in [2.24, 2.45) is 5.92 Å². The summed E-state index contributed by atoms with van der Waals surface area (Å²) in [6, 6.07) is 2.44. The molecule has 0 bridgehead atoms. The van der Waals surface area contributed by atoms with Gasteiger partial charge in [0, 0.05) is 45.8 Å². The third-order valence-corrected chi connectivity index (χ3v) is 5.90. The van der Waals surface area contributed by atoms with E-state index < -0.39 is 5.91 Å². The van der Waals surface area contributed by atoms with Crippen LogP contribution in [0.25, 0.3) is 0 Å². The summed E-state index contributed by atoms with van der Waals surface area (Å²) in [4.78, 5) is 31.6. The lowest BCUT2D eigenvalue weighted by atomic mass is 9.75. The smallest absolute Gasteiger partial charge is 0.276 e. The number of aromatic nitrogens is 1. The highest BCUT2D eigenvalue weighted by Crippen LogP contribution is 2.37. The second-order valence-corrected chi connectivity index (χ2v) is 7.48. The standard InChI is InChI=1S/C19H28N4O3/c1-13(24)22(2)8-3-4-14-5-6-18(14)23-9-7-15-10-16(19(25)21-26)11-20-17(15)12-23/h10-11,14,18,26H,3-9,12H2,1-2H3,(H,21,25). The number of rotatable bonds is 6. The first kappa shape index (κ1) is 18.8. The average molecular weight is 360 g/mol. The van der Waals surface area contributed by atoms with E-state index in [9.17, 15) is 9.59 Å². The topological polar surface area (TPSA) is 85.8 Å². The van der Waals surface area contributed by atoms with Gasteiger partial charge in [-0.2, -0.15) is 0 Å². The maximum Gasteiger partial charge on any atom is 0.276 e. The van der Waals surface area contributed by atoms with E-state index in [-0.39, 0.29) is 5.91 Å². The van der Waals surface area contributed by atoms with Crippen LogP contribution in [0.1, 0.15) is 54.2 Å². The van der Waals surface area contributed by atoms with Gasteiger partial charge in [-0.05, 0) is 49.7 Å². The third-order valence-electron chi connectivity index (χ3n) is 5.90. The van der Waals surface area contributed by atoms with Gasteiger partial charge in [-0.15, -0.1) is 0 Å². The molecule has 2 amide bonds. The first-order valence-electron chi connectivity index (χ1n) is 9.37. The van der Waals surface area contributed by atoms with E-state index >= 15 is 0 Å². The van der Waals surface area contributed by atoms with Crippen LogP contribution in [0.2, 0.25) is 0 Å². The SMILES string of the molecule is CC(=O)N(C)CCCC1CCC1N1CCc2cc(C(=O)NO)cnc2C1. The number of nitrogens with zero attached hydrogens (tertiary/aromatic N) is 3. The van der Waals surface area contributed by atoms with Gasteiger partial charge >= 0.3 is 0 Å². The van der Waals surface area contributed by atoms with Gasteiger partial charge in [0.15, 0.2) is 0 Å². The monoisotopic (exact) mass is 360 g/mol. The van der Waals surface area contributed by atoms with Crippen LogP contribution in [0.15, 0.2) is 12.3 Å². The fourth-order valence-corrected chi connectivity index (χ4v) is 4.02. The molecule has 3 rings (SSSR count). The molecule has 1 fully saturated rings. The number of nitrogens with one attached hydrogen (secondary N) is 1. The number of fused-ring (bicyclic) bond motifs is 1. The molecule has 2 atom stereocenters. The Bertz CT molecular complexity index is 679. The van der Waals surface area contributed by atoms with Gasteiger partial charge in [-0.1, -0.05) is 0 Å². The lowest BCUT2D eigenvalue weighted by molar-refractivity contribution is -0.127. The summed E-state index contributed by atoms with van der Waals surface area (Å²) >= 11 is 0. The van der Waals surface area contributed by atoms with Crippen LogP contribution in [0.5, 0.6) is 0 Å². The van der Waals surface area contributed by atoms with Crippen molar-refractivity contribution in [2.45, 2.75) is 51.6 Å². The number of hydroxylamine groups is 1. The Morgan fingerprint density at radius 3 is 2.88 bits per heavy atom. The second kappa shape index (κ2) is 8.14. The first-order valence-corrected chi connectivity index (χ1v) is 9.37. The van der Waals surface area contributed by atoms with Crippen LogP contribution in [0, 0.1) is 5.92 Å². The number of hydrogen-bond donors (Lipinski definition) is 2. The van der Waals surface area contributed by atoms with Gasteiger partial charge in [0.25, 0.3) is 5.91 Å². The largest absolute Gasteiger partial charge is 0.346 e. The van der Waals surface area contributed by atoms with Gasteiger partial charge in [-0.3, -0.25) is 24.7 Å². The molecular formula is C19H28N4O3. The molecule has 2 heterocycles. The molecule has 2 unspecified atom stereocenters. The Morgan fingerprint density at radius 1 is 1.42 bits per heavy atom. The number of amides is 2. The lowest BCUT2D eigenvalue weighted by Gasteiger charge is -2.46. The normalized spacial score (nSPS) is 22.3. The van der Waals surface area contributed by atoms with Crippen LogP contribution >= 0.6 is 0 Å². The quantitative estimate of drug-likeness (QED) is 0.594. The maximum atomic E-state index is 11.5. The van der Waals surface area contributed by atoms with Crippen LogP contribution in [0.3, 0.4) is 0 Å². The summed E-state index contributed by atoms with van der Waals surface area (Å²) < 4.78 is 0. The second-order valence-electron chi connectivity index (χ2n) is 7.48. The Morgan fingerprint density at radius 2 is 2.23 bits per heavy atom. The van der Waals surface area contributed by atoms with E-state index in [4.69, 9.17) is 5.21 Å². The molecule has 0 radical (unpaired) electrons. The van der Waals surface area contributed by atoms with Gasteiger partial charge in [0.05, 0.1) is 11.3 Å². The molecule has 1 aromatic rings. The highest BCUT2D eigenvalue weighted by molar-refractivity contribution is 5.93. The van der Waals surface area contributed by atoms with Crippen molar-refractivity contribution >= 4 is 11.8 Å². The highest BCUT2D eigenvalue weighted by Gasteiger charge is 2.36. The molecular weight excluding hydrogens is 332 g/mol. The summed E-state index contributed by atoms with van der Waals surface area (Å²) in [5.74, 6) is 0.316. The van der Waals surface area contributed by atoms with Crippen molar-refractivity contribution in [3.8, 4) is 0 Å². The Hall–Kier alpha value is -1.99. The fraction of sp³-hybridized carbons (Fsp3) is 0.632. The van der Waals surface area contributed by atoms with E-state index in [0.717, 1.165) is 50.2 Å². The van der Waals surface area contributed by atoms with Crippen molar-refractivity contribution in [2.75, 3.05) is 20.1 Å². The Kier molecular flexibility index (Phi) is 5.88. The van der Waals surface area contributed by atoms with Gasteiger partial charge in [0.2, 0.25) is 5.91 Å². The van der Waals surface area contributed by atoms with Crippen molar-refractivity contribution < 1.29 is 14.8 Å². The van der Waals surface area contributed by atoms with Crippen molar-refractivity contribution in [1.29, 1.82) is 0 Å². The van der Waals surface area contributed by atoms with Gasteiger partial charge in [0.1, 0.15) is 0 Å². The molecule has 1 saturated carbocycles. The molecule has 2 N–H and O–H groups in total. The van der Waals surface area contributed by atoms with E-state index in [1.807, 2.05) is 13.1 Å². The van der Waals surface area contributed by atoms with Crippen LogP contribution in [-0.4, -0.2) is 58.0 Å². The van der Waals surface area contributed by atoms with E-state index in [2.05, 4.69) is 9.88 Å². The zero-order valence-electron chi connectivity index (χ0n) is 15.6. The average Bonchev–Trinajstić information content (AvgIpc) is 2.62. The zero-order valence-corrected chi connectivity index (χ0v) is 15.6. The molecule has 7 nitrogen and oxygen atoms in total. The van der Waals surface area contributed by atoms with Crippen molar-refractivity contribution in [3.63, 3.8) is 0 Å². The predicted octanol–water partition coefficient (Wildman–Crippen LogP) is 1.60. The molecule has 142 valence electrons. The molecule has 7 heteroatoms. The maximum absolute atomic E-state index is 11.5. The molecule has 0 spiro atoms. The van der Waals surface area contributed by atoms with Crippen LogP contribution in [-0.2, 0) is 17.8 Å². The molecule has 1 aliphatic carbocycles. The third kappa shape index (κ3) is 4.04. The van der Waals surface area contributed by atoms with E-state index in [1.54, 1.807) is 17.3 Å². The number of carbonyl (C=O) groups excluding carboxylic acids is 2. The fourth-order valence-electron chi connectivity index (χ4n) is 4.02. The summed E-state index contributed by atoms with van der Waals surface area (Å²) in [5.41, 5.74) is 4.19. The van der Waals surface area contributed by atoms with E-state index in [1.165, 1.54) is 19.0 Å². The zero-order chi connectivity index (χ0) is 18.7. The predicted molar refractivity (Wildman–Crippen MR) is 96.7 cm³/mol.